The van der Waals surface area contributed by atoms with E-state index in [1.165, 1.54) is 0 Å². The van der Waals surface area contributed by atoms with Gasteiger partial charge in [0, 0.05) is 11.6 Å². The van der Waals surface area contributed by atoms with Crippen molar-refractivity contribution in [3.05, 3.63) is 29.3 Å². The van der Waals surface area contributed by atoms with Gasteiger partial charge in [-0.25, -0.2) is 4.79 Å². The second-order valence-corrected chi connectivity index (χ2v) is 4.18. The Hall–Kier alpha value is -1.55. The van der Waals surface area contributed by atoms with Gasteiger partial charge < -0.3 is 15.6 Å². The van der Waals surface area contributed by atoms with Crippen LogP contribution in [0.15, 0.2) is 18.2 Å². The van der Waals surface area contributed by atoms with E-state index in [0.29, 0.717) is 12.2 Å². The smallest absolute Gasteiger partial charge is 0.344 e. The number of nitrogens with two attached hydrogens (primary N) is 1. The summed E-state index contributed by atoms with van der Waals surface area (Å²) in [5.41, 5.74) is 7.76. The maximum Gasteiger partial charge on any atom is 0.344 e. The predicted octanol–water partition coefficient (Wildman–Crippen LogP) is 2.26. The summed E-state index contributed by atoms with van der Waals surface area (Å²) in [5.74, 6) is -0.399. The molecule has 0 saturated heterocycles. The van der Waals surface area contributed by atoms with Crippen LogP contribution in [0.4, 0.5) is 0 Å². The van der Waals surface area contributed by atoms with Crippen LogP contribution in [-0.2, 0) is 4.79 Å². The van der Waals surface area contributed by atoms with Gasteiger partial charge >= 0.3 is 5.97 Å². The summed E-state index contributed by atoms with van der Waals surface area (Å²) in [4.78, 5) is 10.9. The minimum atomic E-state index is -0.955. The van der Waals surface area contributed by atoms with E-state index in [1.54, 1.807) is 13.0 Å². The minimum Gasteiger partial charge on any atom is -0.479 e. The summed E-state index contributed by atoms with van der Waals surface area (Å²) in [5, 5.41) is 8.96. The molecule has 1 aromatic carbocycles. The van der Waals surface area contributed by atoms with E-state index in [9.17, 15) is 4.79 Å². The number of benzene rings is 1. The Morgan fingerprint density at radius 3 is 2.65 bits per heavy atom. The summed E-state index contributed by atoms with van der Waals surface area (Å²) < 4.78 is 5.49. The van der Waals surface area contributed by atoms with Crippen LogP contribution in [0.1, 0.15) is 37.4 Å². The summed E-state index contributed by atoms with van der Waals surface area (Å²) >= 11 is 0. The molecule has 1 rings (SSSR count). The fourth-order valence-electron chi connectivity index (χ4n) is 1.59. The number of aliphatic carboxylic acids is 1. The van der Waals surface area contributed by atoms with Crippen LogP contribution in [-0.4, -0.2) is 17.2 Å². The Morgan fingerprint density at radius 1 is 1.53 bits per heavy atom. The van der Waals surface area contributed by atoms with Gasteiger partial charge in [-0.3, -0.25) is 0 Å². The Morgan fingerprint density at radius 2 is 2.18 bits per heavy atom. The van der Waals surface area contributed by atoms with Gasteiger partial charge in [0.15, 0.2) is 6.10 Å². The molecule has 0 bridgehead atoms. The zero-order valence-corrected chi connectivity index (χ0v) is 10.4. The van der Waals surface area contributed by atoms with Gasteiger partial charge in [0.1, 0.15) is 5.75 Å². The SMILES string of the molecule is CCC(Oc1ccc(C)cc1C(C)N)C(=O)O. The van der Waals surface area contributed by atoms with Crippen molar-refractivity contribution in [1.82, 2.24) is 0 Å². The fourth-order valence-corrected chi connectivity index (χ4v) is 1.59. The first-order valence-corrected chi connectivity index (χ1v) is 5.71. The van der Waals surface area contributed by atoms with E-state index in [1.807, 2.05) is 26.0 Å². The highest BCUT2D eigenvalue weighted by molar-refractivity contribution is 5.72. The van der Waals surface area contributed by atoms with Crippen molar-refractivity contribution in [2.24, 2.45) is 5.73 Å². The van der Waals surface area contributed by atoms with Crippen molar-refractivity contribution in [1.29, 1.82) is 0 Å². The Labute approximate surface area is 101 Å². The topological polar surface area (TPSA) is 72.5 Å². The highest BCUT2D eigenvalue weighted by Gasteiger charge is 2.19. The molecule has 0 aliphatic heterocycles. The van der Waals surface area contributed by atoms with Crippen molar-refractivity contribution >= 4 is 5.97 Å². The number of carboxylic acids is 1. The van der Waals surface area contributed by atoms with Crippen molar-refractivity contribution in [2.75, 3.05) is 0 Å². The number of aryl methyl sites for hydroxylation is 1. The summed E-state index contributed by atoms with van der Waals surface area (Å²) in [6, 6.07) is 5.40. The van der Waals surface area contributed by atoms with Gasteiger partial charge in [0.2, 0.25) is 0 Å². The average molecular weight is 237 g/mol. The number of carbonyl (C=O) groups is 1. The van der Waals surface area contributed by atoms with Crippen LogP contribution in [0.25, 0.3) is 0 Å². The molecular weight excluding hydrogens is 218 g/mol. The Bertz CT molecular complexity index is 402. The van der Waals surface area contributed by atoms with Crippen LogP contribution in [0.3, 0.4) is 0 Å². The van der Waals surface area contributed by atoms with Crippen LogP contribution in [0.2, 0.25) is 0 Å². The monoisotopic (exact) mass is 237 g/mol. The normalized spacial score (nSPS) is 14.1. The van der Waals surface area contributed by atoms with Gasteiger partial charge in [0.25, 0.3) is 0 Å². The van der Waals surface area contributed by atoms with Crippen molar-refractivity contribution in [3.63, 3.8) is 0 Å². The Kier molecular flexibility index (Phi) is 4.52. The molecule has 0 spiro atoms. The number of hydrogen-bond donors (Lipinski definition) is 2. The molecule has 0 radical (unpaired) electrons. The van der Waals surface area contributed by atoms with E-state index in [0.717, 1.165) is 11.1 Å². The van der Waals surface area contributed by atoms with E-state index in [2.05, 4.69) is 0 Å². The molecule has 1 aromatic rings. The number of rotatable bonds is 5. The Balaban J connectivity index is 3.01. The molecule has 0 fully saturated rings. The highest BCUT2D eigenvalue weighted by atomic mass is 16.5. The molecule has 0 amide bonds. The second kappa shape index (κ2) is 5.68. The third-order valence-corrected chi connectivity index (χ3v) is 2.57. The quantitative estimate of drug-likeness (QED) is 0.823. The lowest BCUT2D eigenvalue weighted by Gasteiger charge is -2.18. The van der Waals surface area contributed by atoms with E-state index < -0.39 is 12.1 Å². The van der Waals surface area contributed by atoms with Gasteiger partial charge in [0.05, 0.1) is 0 Å². The largest absolute Gasteiger partial charge is 0.479 e. The lowest BCUT2D eigenvalue weighted by molar-refractivity contribution is -0.145. The van der Waals surface area contributed by atoms with Gasteiger partial charge in [-0.1, -0.05) is 24.6 Å². The predicted molar refractivity (Wildman–Crippen MR) is 66.1 cm³/mol. The zero-order valence-electron chi connectivity index (χ0n) is 10.4. The van der Waals surface area contributed by atoms with Crippen molar-refractivity contribution < 1.29 is 14.6 Å². The molecule has 2 unspecified atom stereocenters. The van der Waals surface area contributed by atoms with Crippen LogP contribution < -0.4 is 10.5 Å². The summed E-state index contributed by atoms with van der Waals surface area (Å²) in [6.45, 7) is 5.59. The molecule has 0 aliphatic carbocycles. The molecular formula is C13H19NO3. The molecule has 2 atom stereocenters. The van der Waals surface area contributed by atoms with Crippen molar-refractivity contribution in [3.8, 4) is 5.75 Å². The van der Waals surface area contributed by atoms with E-state index in [-0.39, 0.29) is 6.04 Å². The van der Waals surface area contributed by atoms with E-state index >= 15 is 0 Å². The fraction of sp³-hybridized carbons (Fsp3) is 0.462. The van der Waals surface area contributed by atoms with Crippen molar-refractivity contribution in [2.45, 2.75) is 39.3 Å². The standard InChI is InChI=1S/C13H19NO3/c1-4-11(13(15)16)17-12-6-5-8(2)7-10(12)9(3)14/h5-7,9,11H,4,14H2,1-3H3,(H,15,16). The second-order valence-electron chi connectivity index (χ2n) is 4.18. The van der Waals surface area contributed by atoms with Crippen LogP contribution in [0, 0.1) is 6.92 Å². The molecule has 4 heteroatoms. The summed E-state index contributed by atoms with van der Waals surface area (Å²) in [7, 11) is 0. The third kappa shape index (κ3) is 3.46. The minimum absolute atomic E-state index is 0.184. The molecule has 0 aliphatic rings. The molecule has 94 valence electrons. The number of ether oxygens (including phenoxy) is 1. The van der Waals surface area contributed by atoms with E-state index in [4.69, 9.17) is 15.6 Å². The summed E-state index contributed by atoms with van der Waals surface area (Å²) in [6.07, 6.45) is -0.406. The molecule has 0 heterocycles. The van der Waals surface area contributed by atoms with Gasteiger partial charge in [-0.05, 0) is 26.3 Å². The van der Waals surface area contributed by atoms with Gasteiger partial charge in [-0.15, -0.1) is 0 Å². The number of carboxylic acid groups (broad SMARTS) is 1. The van der Waals surface area contributed by atoms with Crippen LogP contribution >= 0.6 is 0 Å². The zero-order chi connectivity index (χ0) is 13.0. The molecule has 3 N–H and O–H groups in total. The highest BCUT2D eigenvalue weighted by Crippen LogP contribution is 2.26. The average Bonchev–Trinajstić information content (AvgIpc) is 2.26. The lowest BCUT2D eigenvalue weighted by atomic mass is 10.0. The first-order chi connectivity index (χ1) is 7.95. The third-order valence-electron chi connectivity index (χ3n) is 2.57. The maximum atomic E-state index is 10.9. The molecule has 0 aromatic heterocycles. The molecule has 0 saturated carbocycles. The van der Waals surface area contributed by atoms with Gasteiger partial charge in [-0.2, -0.15) is 0 Å². The first-order valence-electron chi connectivity index (χ1n) is 5.71. The molecule has 17 heavy (non-hydrogen) atoms. The lowest BCUT2D eigenvalue weighted by Crippen LogP contribution is -2.26. The molecule has 4 nitrogen and oxygen atoms in total. The first kappa shape index (κ1) is 13.5. The number of hydrogen-bond acceptors (Lipinski definition) is 3. The van der Waals surface area contributed by atoms with Crippen LogP contribution in [0.5, 0.6) is 5.75 Å². The maximum absolute atomic E-state index is 10.9.